The second kappa shape index (κ2) is 5.71. The molecule has 3 N–H and O–H groups in total. The highest BCUT2D eigenvalue weighted by atomic mass is 35.5. The molecule has 1 atom stereocenters. The lowest BCUT2D eigenvalue weighted by Gasteiger charge is -2.15. The maximum absolute atomic E-state index is 6.15. The van der Waals surface area contributed by atoms with Crippen LogP contribution in [0, 0.1) is 0 Å². The highest BCUT2D eigenvalue weighted by molar-refractivity contribution is 6.35. The van der Waals surface area contributed by atoms with Gasteiger partial charge in [0.2, 0.25) is 0 Å². The number of benzene rings is 1. The average Bonchev–Trinajstić information content (AvgIpc) is 2.75. The molecule has 0 aliphatic heterocycles. The third-order valence-corrected chi connectivity index (χ3v) is 3.35. The second-order valence-electron chi connectivity index (χ2n) is 4.11. The number of halogens is 2. The quantitative estimate of drug-likeness (QED) is 0.670. The number of aryl methyl sites for hydroxylation is 1. The Hall–Kier alpha value is -1.07. The van der Waals surface area contributed by atoms with Crippen molar-refractivity contribution >= 4 is 23.2 Å². The number of aromatic nitrogens is 2. The zero-order valence-corrected chi connectivity index (χ0v) is 11.4. The predicted molar refractivity (Wildman–Crippen MR) is 73.4 cm³/mol. The minimum atomic E-state index is -0.0302. The number of nitrogens with one attached hydrogen (secondary N) is 1. The van der Waals surface area contributed by atoms with E-state index < -0.39 is 0 Å². The van der Waals surface area contributed by atoms with Crippen molar-refractivity contribution in [1.29, 1.82) is 0 Å². The fourth-order valence-corrected chi connectivity index (χ4v) is 2.29. The van der Waals surface area contributed by atoms with Crippen LogP contribution < -0.4 is 11.3 Å². The molecule has 0 saturated heterocycles. The van der Waals surface area contributed by atoms with E-state index >= 15 is 0 Å². The number of hydrogen-bond acceptors (Lipinski definition) is 3. The molecule has 0 amide bonds. The van der Waals surface area contributed by atoms with Gasteiger partial charge < -0.3 is 0 Å². The average molecular weight is 285 g/mol. The lowest BCUT2D eigenvalue weighted by atomic mass is 10.0. The minimum absolute atomic E-state index is 0.0302. The molecule has 4 nitrogen and oxygen atoms in total. The number of nitrogens with two attached hydrogens (primary N) is 1. The summed E-state index contributed by atoms with van der Waals surface area (Å²) in [4.78, 5) is 0. The first-order valence-corrected chi connectivity index (χ1v) is 6.24. The van der Waals surface area contributed by atoms with Crippen molar-refractivity contribution in [2.45, 2.75) is 12.5 Å². The zero-order valence-electron chi connectivity index (χ0n) is 9.90. The Morgan fingerprint density at radius 1 is 1.44 bits per heavy atom. The molecule has 1 unspecified atom stereocenters. The van der Waals surface area contributed by atoms with E-state index in [2.05, 4.69) is 10.5 Å². The molecular formula is C12H14Cl2N4. The minimum Gasteiger partial charge on any atom is -0.275 e. The van der Waals surface area contributed by atoms with Crippen LogP contribution in [0.2, 0.25) is 10.0 Å². The Balaban J connectivity index is 2.20. The fraction of sp³-hybridized carbons (Fsp3) is 0.250. The molecule has 0 bridgehead atoms. The van der Waals surface area contributed by atoms with Crippen LogP contribution in [0.15, 0.2) is 30.6 Å². The fourth-order valence-electron chi connectivity index (χ4n) is 1.80. The highest BCUT2D eigenvalue weighted by Gasteiger charge is 2.14. The van der Waals surface area contributed by atoms with Gasteiger partial charge in [-0.05, 0) is 24.1 Å². The van der Waals surface area contributed by atoms with Crippen LogP contribution in [-0.4, -0.2) is 9.78 Å². The van der Waals surface area contributed by atoms with E-state index in [1.807, 2.05) is 25.4 Å². The first-order chi connectivity index (χ1) is 8.60. The van der Waals surface area contributed by atoms with Crippen LogP contribution in [-0.2, 0) is 13.5 Å². The number of hydrogen-bond donors (Lipinski definition) is 2. The molecule has 0 spiro atoms. The summed E-state index contributed by atoms with van der Waals surface area (Å²) in [5, 5.41) is 5.40. The molecule has 0 aliphatic carbocycles. The topological polar surface area (TPSA) is 55.9 Å². The van der Waals surface area contributed by atoms with Gasteiger partial charge >= 0.3 is 0 Å². The predicted octanol–water partition coefficient (Wildman–Crippen LogP) is 2.47. The van der Waals surface area contributed by atoms with Crippen LogP contribution in [0.3, 0.4) is 0 Å². The van der Waals surface area contributed by atoms with Crippen LogP contribution >= 0.6 is 23.2 Å². The van der Waals surface area contributed by atoms with Crippen LogP contribution in [0.5, 0.6) is 0 Å². The van der Waals surface area contributed by atoms with E-state index in [4.69, 9.17) is 29.0 Å². The van der Waals surface area contributed by atoms with Gasteiger partial charge in [-0.15, -0.1) is 0 Å². The third kappa shape index (κ3) is 3.03. The number of hydrazine groups is 1. The Morgan fingerprint density at radius 2 is 2.22 bits per heavy atom. The summed E-state index contributed by atoms with van der Waals surface area (Å²) in [7, 11) is 1.87. The van der Waals surface area contributed by atoms with E-state index in [0.29, 0.717) is 16.5 Å². The molecule has 0 aliphatic rings. The Morgan fingerprint density at radius 3 is 2.78 bits per heavy atom. The van der Waals surface area contributed by atoms with Crippen LogP contribution in [0.25, 0.3) is 0 Å². The molecule has 0 saturated carbocycles. The lowest BCUT2D eigenvalue weighted by Crippen LogP contribution is -2.29. The Bertz CT molecular complexity index is 539. The van der Waals surface area contributed by atoms with E-state index in [0.717, 1.165) is 11.1 Å². The van der Waals surface area contributed by atoms with Crippen molar-refractivity contribution in [2.24, 2.45) is 12.9 Å². The van der Waals surface area contributed by atoms with Gasteiger partial charge in [-0.3, -0.25) is 16.0 Å². The molecule has 6 heteroatoms. The molecule has 2 aromatic rings. The smallest absolute Gasteiger partial charge is 0.0538 e. The third-order valence-electron chi connectivity index (χ3n) is 2.77. The number of rotatable bonds is 4. The molecule has 0 radical (unpaired) electrons. The van der Waals surface area contributed by atoms with Crippen LogP contribution in [0.1, 0.15) is 17.2 Å². The van der Waals surface area contributed by atoms with Gasteiger partial charge in [0.25, 0.3) is 0 Å². The first kappa shape index (κ1) is 13.4. The van der Waals surface area contributed by atoms with Crippen molar-refractivity contribution in [2.75, 3.05) is 0 Å². The lowest BCUT2D eigenvalue weighted by molar-refractivity contribution is 0.551. The molecule has 0 fully saturated rings. The summed E-state index contributed by atoms with van der Waals surface area (Å²) in [6.07, 6.45) is 4.39. The highest BCUT2D eigenvalue weighted by Crippen LogP contribution is 2.25. The van der Waals surface area contributed by atoms with Crippen molar-refractivity contribution in [1.82, 2.24) is 15.2 Å². The summed E-state index contributed by atoms with van der Waals surface area (Å²) >= 11 is 12.0. The summed E-state index contributed by atoms with van der Waals surface area (Å²) < 4.78 is 1.74. The summed E-state index contributed by atoms with van der Waals surface area (Å²) in [6.45, 7) is 0. The van der Waals surface area contributed by atoms with E-state index in [1.165, 1.54) is 0 Å². The van der Waals surface area contributed by atoms with Crippen molar-refractivity contribution in [3.63, 3.8) is 0 Å². The van der Waals surface area contributed by atoms with E-state index in [1.54, 1.807) is 16.9 Å². The molecule has 1 aromatic heterocycles. The zero-order chi connectivity index (χ0) is 13.1. The van der Waals surface area contributed by atoms with Crippen molar-refractivity contribution < 1.29 is 0 Å². The van der Waals surface area contributed by atoms with Gasteiger partial charge in [0.05, 0.1) is 12.2 Å². The Kier molecular flexibility index (Phi) is 4.24. The Labute approximate surface area is 116 Å². The maximum Gasteiger partial charge on any atom is 0.0538 e. The number of nitrogens with zero attached hydrogens (tertiary/aromatic N) is 2. The molecule has 18 heavy (non-hydrogen) atoms. The molecule has 96 valence electrons. The van der Waals surface area contributed by atoms with Gasteiger partial charge in [-0.1, -0.05) is 29.3 Å². The first-order valence-electron chi connectivity index (χ1n) is 5.48. The summed E-state index contributed by atoms with van der Waals surface area (Å²) in [5.41, 5.74) is 4.79. The van der Waals surface area contributed by atoms with Gasteiger partial charge in [0.1, 0.15) is 0 Å². The molecule has 1 aromatic carbocycles. The largest absolute Gasteiger partial charge is 0.275 e. The SMILES string of the molecule is Cn1cc(C(Cc2ccc(Cl)cc2Cl)NN)cn1. The molecular weight excluding hydrogens is 271 g/mol. The monoisotopic (exact) mass is 284 g/mol. The van der Waals surface area contributed by atoms with Crippen molar-refractivity contribution in [3.8, 4) is 0 Å². The van der Waals surface area contributed by atoms with Crippen LogP contribution in [0.4, 0.5) is 0 Å². The van der Waals surface area contributed by atoms with E-state index in [9.17, 15) is 0 Å². The van der Waals surface area contributed by atoms with Gasteiger partial charge in [0.15, 0.2) is 0 Å². The van der Waals surface area contributed by atoms with Gasteiger partial charge in [0, 0.05) is 28.9 Å². The van der Waals surface area contributed by atoms with Gasteiger partial charge in [-0.2, -0.15) is 5.10 Å². The second-order valence-corrected chi connectivity index (χ2v) is 4.95. The molecule has 1 heterocycles. The normalized spacial score (nSPS) is 12.7. The molecule has 2 rings (SSSR count). The van der Waals surface area contributed by atoms with Crippen molar-refractivity contribution in [3.05, 3.63) is 51.8 Å². The summed E-state index contributed by atoms with van der Waals surface area (Å²) in [6, 6.07) is 5.43. The maximum atomic E-state index is 6.15. The summed E-state index contributed by atoms with van der Waals surface area (Å²) in [5.74, 6) is 5.59. The van der Waals surface area contributed by atoms with E-state index in [-0.39, 0.29) is 6.04 Å². The standard InChI is InChI=1S/C12H14Cl2N4/c1-18-7-9(6-16-18)12(17-15)4-8-2-3-10(13)5-11(8)14/h2-3,5-7,12,17H,4,15H2,1H3. The van der Waals surface area contributed by atoms with Gasteiger partial charge in [-0.25, -0.2) is 0 Å².